The molecule has 1 amide bonds. The molecule has 0 rings (SSSR count). The SMILES string of the molecule is CCC/C=C\C/C=C\CCCCCCCC(=O)OCCCCCCCCCCCCCC/C=C\CCCCCCCCCC(=O)NC(CO)C(O)/C=C/CCCCCCCCCCCCCCCCCC. The number of carbonyl (C=O) groups is 2. The molecule has 2 atom stereocenters. The molecular formula is C65H121NO5. The number of unbranched alkanes of at least 4 members (excludes halogenated alkanes) is 41. The second kappa shape index (κ2) is 60.4. The van der Waals surface area contributed by atoms with E-state index in [1.165, 1.54) is 244 Å². The predicted octanol–water partition coefficient (Wildman–Crippen LogP) is 19.7. The van der Waals surface area contributed by atoms with Gasteiger partial charge in [0.15, 0.2) is 0 Å². The van der Waals surface area contributed by atoms with E-state index in [1.54, 1.807) is 6.08 Å². The van der Waals surface area contributed by atoms with Crippen LogP contribution < -0.4 is 5.32 Å². The van der Waals surface area contributed by atoms with Gasteiger partial charge < -0.3 is 20.3 Å². The lowest BCUT2D eigenvalue weighted by Gasteiger charge is -2.20. The summed E-state index contributed by atoms with van der Waals surface area (Å²) < 4.78 is 5.47. The van der Waals surface area contributed by atoms with Crippen molar-refractivity contribution in [2.75, 3.05) is 13.2 Å². The van der Waals surface area contributed by atoms with Gasteiger partial charge in [-0.05, 0) is 83.5 Å². The van der Waals surface area contributed by atoms with Gasteiger partial charge in [-0.1, -0.05) is 281 Å². The molecule has 0 aliphatic carbocycles. The number of amides is 1. The summed E-state index contributed by atoms with van der Waals surface area (Å²) in [6.45, 7) is 4.84. The number of aliphatic hydroxyl groups excluding tert-OH is 2. The van der Waals surface area contributed by atoms with Gasteiger partial charge in [-0.25, -0.2) is 0 Å². The van der Waals surface area contributed by atoms with Crippen LogP contribution in [0.15, 0.2) is 48.6 Å². The first-order valence-electron chi connectivity index (χ1n) is 31.4. The first kappa shape index (κ1) is 68.8. The van der Waals surface area contributed by atoms with E-state index in [0.29, 0.717) is 19.4 Å². The Hall–Kier alpha value is -2.18. The van der Waals surface area contributed by atoms with E-state index >= 15 is 0 Å². The summed E-state index contributed by atoms with van der Waals surface area (Å²) in [4.78, 5) is 24.5. The van der Waals surface area contributed by atoms with Crippen molar-refractivity contribution >= 4 is 11.9 Å². The molecule has 0 saturated carbocycles. The van der Waals surface area contributed by atoms with Crippen LogP contribution in [-0.4, -0.2) is 47.4 Å². The third-order valence-electron chi connectivity index (χ3n) is 14.3. The molecule has 0 spiro atoms. The normalized spacial score (nSPS) is 12.9. The van der Waals surface area contributed by atoms with Gasteiger partial charge in [-0.2, -0.15) is 0 Å². The molecular weight excluding hydrogens is 875 g/mol. The molecule has 0 radical (unpaired) electrons. The molecule has 0 aromatic carbocycles. The number of hydrogen-bond acceptors (Lipinski definition) is 5. The minimum absolute atomic E-state index is 0.00467. The third kappa shape index (κ3) is 57.0. The Bertz CT molecular complexity index is 1190. The van der Waals surface area contributed by atoms with E-state index in [4.69, 9.17) is 4.74 Å². The summed E-state index contributed by atoms with van der Waals surface area (Å²) in [6, 6.07) is -0.634. The summed E-state index contributed by atoms with van der Waals surface area (Å²) in [5.74, 6) is -0.0776. The van der Waals surface area contributed by atoms with Crippen molar-refractivity contribution in [1.29, 1.82) is 0 Å². The Morgan fingerprint density at radius 3 is 1.14 bits per heavy atom. The second-order valence-corrected chi connectivity index (χ2v) is 21.4. The Labute approximate surface area is 442 Å². The highest BCUT2D eigenvalue weighted by molar-refractivity contribution is 5.76. The second-order valence-electron chi connectivity index (χ2n) is 21.4. The van der Waals surface area contributed by atoms with Crippen molar-refractivity contribution < 1.29 is 24.5 Å². The molecule has 6 heteroatoms. The number of hydrogen-bond donors (Lipinski definition) is 3. The zero-order chi connectivity index (χ0) is 51.4. The van der Waals surface area contributed by atoms with Gasteiger partial charge in [-0.15, -0.1) is 0 Å². The van der Waals surface area contributed by atoms with Crippen LogP contribution in [0.1, 0.15) is 328 Å². The number of nitrogens with one attached hydrogen (secondary N) is 1. The van der Waals surface area contributed by atoms with Crippen LogP contribution in [0.25, 0.3) is 0 Å². The van der Waals surface area contributed by atoms with E-state index < -0.39 is 12.1 Å². The average molecular weight is 997 g/mol. The molecule has 0 bridgehead atoms. The molecule has 2 unspecified atom stereocenters. The number of rotatable bonds is 58. The quantitative estimate of drug-likeness (QED) is 0.0321. The van der Waals surface area contributed by atoms with Crippen LogP contribution in [0.2, 0.25) is 0 Å². The molecule has 0 aliphatic rings. The van der Waals surface area contributed by atoms with E-state index in [9.17, 15) is 19.8 Å². The van der Waals surface area contributed by atoms with Gasteiger partial charge in [0.1, 0.15) is 0 Å². The highest BCUT2D eigenvalue weighted by atomic mass is 16.5. The lowest BCUT2D eigenvalue weighted by Crippen LogP contribution is -2.45. The van der Waals surface area contributed by atoms with Crippen molar-refractivity contribution in [3.8, 4) is 0 Å². The molecule has 0 fully saturated rings. The number of carbonyl (C=O) groups excluding carboxylic acids is 2. The van der Waals surface area contributed by atoms with Crippen LogP contribution >= 0.6 is 0 Å². The molecule has 0 heterocycles. The Morgan fingerprint density at radius 1 is 0.394 bits per heavy atom. The van der Waals surface area contributed by atoms with Crippen LogP contribution in [0.3, 0.4) is 0 Å². The van der Waals surface area contributed by atoms with Gasteiger partial charge >= 0.3 is 5.97 Å². The average Bonchev–Trinajstić information content (AvgIpc) is 3.37. The Kier molecular flexibility index (Phi) is 58.5. The van der Waals surface area contributed by atoms with Crippen molar-refractivity contribution in [1.82, 2.24) is 5.32 Å². The zero-order valence-corrected chi connectivity index (χ0v) is 47.5. The van der Waals surface area contributed by atoms with E-state index in [0.717, 1.165) is 57.8 Å². The number of aliphatic hydroxyl groups is 2. The first-order chi connectivity index (χ1) is 35.0. The summed E-state index contributed by atoms with van der Waals surface area (Å²) in [7, 11) is 0. The van der Waals surface area contributed by atoms with Gasteiger partial charge in [0.25, 0.3) is 0 Å². The van der Waals surface area contributed by atoms with Crippen molar-refractivity contribution in [3.05, 3.63) is 48.6 Å². The summed E-state index contributed by atoms with van der Waals surface area (Å²) in [5, 5.41) is 23.2. The molecule has 0 aliphatic heterocycles. The van der Waals surface area contributed by atoms with Crippen LogP contribution in [0, 0.1) is 0 Å². The zero-order valence-electron chi connectivity index (χ0n) is 47.5. The number of allylic oxidation sites excluding steroid dienone is 7. The lowest BCUT2D eigenvalue weighted by molar-refractivity contribution is -0.143. The summed E-state index contributed by atoms with van der Waals surface area (Å²) >= 11 is 0. The van der Waals surface area contributed by atoms with Crippen LogP contribution in [-0.2, 0) is 14.3 Å². The van der Waals surface area contributed by atoms with Gasteiger partial charge in [0.2, 0.25) is 5.91 Å². The smallest absolute Gasteiger partial charge is 0.305 e. The van der Waals surface area contributed by atoms with Crippen molar-refractivity contribution in [2.45, 2.75) is 341 Å². The minimum Gasteiger partial charge on any atom is -0.466 e. The van der Waals surface area contributed by atoms with Gasteiger partial charge in [0.05, 0.1) is 25.4 Å². The Balaban J connectivity index is 3.45. The molecule has 71 heavy (non-hydrogen) atoms. The maximum atomic E-state index is 12.5. The predicted molar refractivity (Wildman–Crippen MR) is 310 cm³/mol. The standard InChI is InChI=1S/C65H121NO5/c1-3-5-7-9-11-13-15-17-18-19-27-30-34-37-41-45-49-53-57-63(68)62(61-67)66-64(69)58-54-50-46-42-38-35-31-28-25-23-21-20-22-24-26-29-32-36-40-44-48-52-56-60-71-65(70)59-55-51-47-43-39-33-16-14-12-10-8-6-4-2/h8,10,14,16,23,25,53,57,62-63,67-68H,3-7,9,11-13,15,17-22,24,26-52,54-56,58-61H2,1-2H3,(H,66,69)/b10-8-,16-14-,25-23-,57-53+. The van der Waals surface area contributed by atoms with Crippen molar-refractivity contribution in [2.24, 2.45) is 0 Å². The maximum absolute atomic E-state index is 12.5. The minimum atomic E-state index is -0.850. The molecule has 0 aromatic rings. The topological polar surface area (TPSA) is 95.9 Å². The molecule has 6 nitrogen and oxygen atoms in total. The van der Waals surface area contributed by atoms with E-state index in [2.05, 4.69) is 55.6 Å². The summed E-state index contributed by atoms with van der Waals surface area (Å²) in [5.41, 5.74) is 0. The number of esters is 1. The number of ether oxygens (including phenoxy) is 1. The van der Waals surface area contributed by atoms with E-state index in [1.807, 2.05) is 6.08 Å². The summed E-state index contributed by atoms with van der Waals surface area (Å²) in [6.07, 6.45) is 77.2. The molecule has 0 aromatic heterocycles. The monoisotopic (exact) mass is 996 g/mol. The fourth-order valence-corrected chi connectivity index (χ4v) is 9.49. The highest BCUT2D eigenvalue weighted by Gasteiger charge is 2.18. The maximum Gasteiger partial charge on any atom is 0.305 e. The van der Waals surface area contributed by atoms with Gasteiger partial charge in [0, 0.05) is 12.8 Å². The fourth-order valence-electron chi connectivity index (χ4n) is 9.49. The fraction of sp³-hybridized carbons (Fsp3) is 0.846. The molecule has 0 saturated heterocycles. The Morgan fingerprint density at radius 2 is 0.732 bits per heavy atom. The van der Waals surface area contributed by atoms with Crippen LogP contribution in [0.5, 0.6) is 0 Å². The first-order valence-corrected chi connectivity index (χ1v) is 31.4. The highest BCUT2D eigenvalue weighted by Crippen LogP contribution is 2.17. The molecule has 3 N–H and O–H groups in total. The van der Waals surface area contributed by atoms with Crippen LogP contribution in [0.4, 0.5) is 0 Å². The van der Waals surface area contributed by atoms with Crippen molar-refractivity contribution in [3.63, 3.8) is 0 Å². The lowest BCUT2D eigenvalue weighted by atomic mass is 10.0. The third-order valence-corrected chi connectivity index (χ3v) is 14.3. The largest absolute Gasteiger partial charge is 0.466 e. The molecule has 416 valence electrons. The van der Waals surface area contributed by atoms with E-state index in [-0.39, 0.29) is 18.5 Å². The van der Waals surface area contributed by atoms with Gasteiger partial charge in [-0.3, -0.25) is 9.59 Å².